The minimum absolute atomic E-state index is 0.00135. The Kier molecular flexibility index (Phi) is 5.18. The molecule has 0 radical (unpaired) electrons. The van der Waals surface area contributed by atoms with Crippen molar-refractivity contribution in [2.45, 2.75) is 32.6 Å². The lowest BCUT2D eigenvalue weighted by molar-refractivity contribution is 0.0672. The summed E-state index contributed by atoms with van der Waals surface area (Å²) in [4.78, 5) is 23.0. The van der Waals surface area contributed by atoms with E-state index in [1.165, 1.54) is 12.1 Å². The van der Waals surface area contributed by atoms with Crippen molar-refractivity contribution in [3.8, 4) is 0 Å². The van der Waals surface area contributed by atoms with Crippen LogP contribution in [0.3, 0.4) is 0 Å². The fourth-order valence-electron chi connectivity index (χ4n) is 3.20. The van der Waals surface area contributed by atoms with E-state index in [-0.39, 0.29) is 11.7 Å². The van der Waals surface area contributed by atoms with Crippen LogP contribution in [0, 0.1) is 11.7 Å². The Morgan fingerprint density at radius 1 is 1.25 bits per heavy atom. The number of nitrogens with zero attached hydrogens (tertiary/aromatic N) is 3. The number of likely N-dealkylation sites (tertiary alicyclic amines) is 1. The molecule has 24 heavy (non-hydrogen) atoms. The van der Waals surface area contributed by atoms with Gasteiger partial charge in [0.25, 0.3) is 5.91 Å². The highest BCUT2D eigenvalue weighted by molar-refractivity contribution is 5.93. The number of amides is 1. The summed E-state index contributed by atoms with van der Waals surface area (Å²) in [5.41, 5.74) is 1.67. The molecule has 1 saturated heterocycles. The molecule has 2 heterocycles. The number of carbonyl (C=O) groups is 1. The molecule has 1 aromatic carbocycles. The molecule has 5 heteroatoms. The molecule has 126 valence electrons. The summed E-state index contributed by atoms with van der Waals surface area (Å²) in [6, 6.07) is 6.64. The molecule has 1 aliphatic rings. The first-order valence-electron chi connectivity index (χ1n) is 8.50. The van der Waals surface area contributed by atoms with Gasteiger partial charge in [-0.05, 0) is 42.9 Å². The van der Waals surface area contributed by atoms with Crippen LogP contribution >= 0.6 is 0 Å². The third kappa shape index (κ3) is 3.96. The first kappa shape index (κ1) is 16.6. The van der Waals surface area contributed by atoms with Crippen molar-refractivity contribution in [1.29, 1.82) is 0 Å². The second-order valence-electron chi connectivity index (χ2n) is 6.33. The molecule has 1 aromatic heterocycles. The zero-order chi connectivity index (χ0) is 16.9. The van der Waals surface area contributed by atoms with Crippen LogP contribution in [0.5, 0.6) is 0 Å². The molecule has 0 saturated carbocycles. The van der Waals surface area contributed by atoms with Crippen LogP contribution in [0.4, 0.5) is 4.39 Å². The van der Waals surface area contributed by atoms with E-state index in [9.17, 15) is 9.18 Å². The van der Waals surface area contributed by atoms with Gasteiger partial charge in [0, 0.05) is 31.9 Å². The van der Waals surface area contributed by atoms with Gasteiger partial charge in [0.1, 0.15) is 11.6 Å². The van der Waals surface area contributed by atoms with Gasteiger partial charge < -0.3 is 4.90 Å². The topological polar surface area (TPSA) is 46.1 Å². The maximum atomic E-state index is 13.0. The summed E-state index contributed by atoms with van der Waals surface area (Å²) in [5, 5.41) is 0. The number of rotatable bonds is 4. The zero-order valence-corrected chi connectivity index (χ0v) is 13.9. The average molecular weight is 327 g/mol. The first-order chi connectivity index (χ1) is 11.7. The van der Waals surface area contributed by atoms with E-state index in [1.54, 1.807) is 12.4 Å². The van der Waals surface area contributed by atoms with Crippen molar-refractivity contribution >= 4 is 5.91 Å². The number of aryl methyl sites for hydroxylation is 1. The Bertz CT molecular complexity index is 685. The molecule has 0 spiro atoms. The summed E-state index contributed by atoms with van der Waals surface area (Å²) in [6.07, 6.45) is 6.96. The molecular formula is C19H22FN3O. The van der Waals surface area contributed by atoms with Gasteiger partial charge in [-0.1, -0.05) is 19.1 Å². The zero-order valence-electron chi connectivity index (χ0n) is 13.9. The van der Waals surface area contributed by atoms with E-state index in [4.69, 9.17) is 0 Å². The summed E-state index contributed by atoms with van der Waals surface area (Å²) in [7, 11) is 0. The largest absolute Gasteiger partial charge is 0.338 e. The second-order valence-corrected chi connectivity index (χ2v) is 6.33. The standard InChI is InChI=1S/C19H22FN3O/c1-2-18-21-11-16(12-22-18)19(24)23-9-3-4-15(13-23)10-14-5-7-17(20)8-6-14/h5-8,11-12,15H,2-4,9-10,13H2,1H3/t15-/m0/s1. The van der Waals surface area contributed by atoms with E-state index in [1.807, 2.05) is 24.0 Å². The fourth-order valence-corrected chi connectivity index (χ4v) is 3.20. The van der Waals surface area contributed by atoms with E-state index in [2.05, 4.69) is 9.97 Å². The Hall–Kier alpha value is -2.30. The SMILES string of the molecule is CCc1ncc(C(=O)N2CCC[C@@H](Cc3ccc(F)cc3)C2)cn1. The van der Waals surface area contributed by atoms with E-state index < -0.39 is 0 Å². The quantitative estimate of drug-likeness (QED) is 0.866. The molecule has 1 atom stereocenters. The number of halogens is 1. The lowest BCUT2D eigenvalue weighted by Crippen LogP contribution is -2.40. The maximum Gasteiger partial charge on any atom is 0.256 e. The maximum absolute atomic E-state index is 13.0. The van der Waals surface area contributed by atoms with Crippen LogP contribution in [0.25, 0.3) is 0 Å². The monoisotopic (exact) mass is 327 g/mol. The minimum Gasteiger partial charge on any atom is -0.338 e. The Morgan fingerprint density at radius 3 is 2.62 bits per heavy atom. The van der Waals surface area contributed by atoms with Crippen molar-refractivity contribution in [2.75, 3.05) is 13.1 Å². The average Bonchev–Trinajstić information content (AvgIpc) is 2.63. The molecule has 1 amide bonds. The lowest BCUT2D eigenvalue weighted by atomic mass is 9.91. The summed E-state index contributed by atoms with van der Waals surface area (Å²) in [5.74, 6) is 0.944. The first-order valence-corrected chi connectivity index (χ1v) is 8.50. The molecule has 0 unspecified atom stereocenters. The Morgan fingerprint density at radius 2 is 1.96 bits per heavy atom. The molecule has 4 nitrogen and oxygen atoms in total. The number of piperidine rings is 1. The third-order valence-electron chi connectivity index (χ3n) is 4.51. The number of benzene rings is 1. The summed E-state index contributed by atoms with van der Waals surface area (Å²) >= 11 is 0. The van der Waals surface area contributed by atoms with E-state index in [0.29, 0.717) is 11.5 Å². The van der Waals surface area contributed by atoms with Gasteiger partial charge in [-0.15, -0.1) is 0 Å². The predicted octanol–water partition coefficient (Wildman–Crippen LogP) is 3.27. The highest BCUT2D eigenvalue weighted by Gasteiger charge is 2.25. The van der Waals surface area contributed by atoms with Crippen molar-refractivity contribution < 1.29 is 9.18 Å². The van der Waals surface area contributed by atoms with E-state index >= 15 is 0 Å². The molecule has 0 aliphatic carbocycles. The number of carbonyl (C=O) groups excluding carboxylic acids is 1. The van der Waals surface area contributed by atoms with Crippen LogP contribution in [-0.4, -0.2) is 33.9 Å². The third-order valence-corrected chi connectivity index (χ3v) is 4.51. The number of aromatic nitrogens is 2. The van der Waals surface area contributed by atoms with Crippen LogP contribution in [0.15, 0.2) is 36.7 Å². The van der Waals surface area contributed by atoms with Gasteiger partial charge in [0.2, 0.25) is 0 Å². The van der Waals surface area contributed by atoms with Crippen LogP contribution in [0.1, 0.15) is 41.5 Å². The van der Waals surface area contributed by atoms with Gasteiger partial charge >= 0.3 is 0 Å². The van der Waals surface area contributed by atoms with Gasteiger partial charge in [-0.3, -0.25) is 4.79 Å². The number of hydrogen-bond donors (Lipinski definition) is 0. The predicted molar refractivity (Wildman–Crippen MR) is 90.1 cm³/mol. The van der Waals surface area contributed by atoms with Crippen molar-refractivity contribution in [3.05, 3.63) is 59.4 Å². The van der Waals surface area contributed by atoms with Crippen LogP contribution in [-0.2, 0) is 12.8 Å². The van der Waals surface area contributed by atoms with E-state index in [0.717, 1.165) is 50.2 Å². The molecule has 0 N–H and O–H groups in total. The second kappa shape index (κ2) is 7.51. The van der Waals surface area contributed by atoms with Gasteiger partial charge in [0.05, 0.1) is 5.56 Å². The Labute approximate surface area is 141 Å². The fraction of sp³-hybridized carbons (Fsp3) is 0.421. The molecule has 1 fully saturated rings. The van der Waals surface area contributed by atoms with Gasteiger partial charge in [0.15, 0.2) is 0 Å². The molecule has 2 aromatic rings. The smallest absolute Gasteiger partial charge is 0.256 e. The highest BCUT2D eigenvalue weighted by atomic mass is 19.1. The van der Waals surface area contributed by atoms with Gasteiger partial charge in [-0.2, -0.15) is 0 Å². The Balaban J connectivity index is 1.63. The summed E-state index contributed by atoms with van der Waals surface area (Å²) < 4.78 is 13.0. The van der Waals surface area contributed by atoms with Crippen LogP contribution < -0.4 is 0 Å². The van der Waals surface area contributed by atoms with Crippen molar-refractivity contribution in [3.63, 3.8) is 0 Å². The number of hydrogen-bond acceptors (Lipinski definition) is 3. The minimum atomic E-state index is -0.213. The van der Waals surface area contributed by atoms with Gasteiger partial charge in [-0.25, -0.2) is 14.4 Å². The molecular weight excluding hydrogens is 305 g/mol. The molecule has 3 rings (SSSR count). The summed E-state index contributed by atoms with van der Waals surface area (Å²) in [6.45, 7) is 3.49. The van der Waals surface area contributed by atoms with Crippen LogP contribution in [0.2, 0.25) is 0 Å². The van der Waals surface area contributed by atoms with Crippen molar-refractivity contribution in [2.24, 2.45) is 5.92 Å². The molecule has 0 bridgehead atoms. The normalized spacial score (nSPS) is 17.8. The highest BCUT2D eigenvalue weighted by Crippen LogP contribution is 2.22. The molecule has 1 aliphatic heterocycles. The van der Waals surface area contributed by atoms with Crippen molar-refractivity contribution in [1.82, 2.24) is 14.9 Å². The lowest BCUT2D eigenvalue weighted by Gasteiger charge is -2.33.